The number of halogens is 4. The van der Waals surface area contributed by atoms with Gasteiger partial charge < -0.3 is 15.0 Å². The van der Waals surface area contributed by atoms with Gasteiger partial charge >= 0.3 is 6.18 Å². The molecule has 0 bridgehead atoms. The minimum atomic E-state index is -4.71. The van der Waals surface area contributed by atoms with Gasteiger partial charge in [0.2, 0.25) is 11.8 Å². The Morgan fingerprint density at radius 2 is 2.12 bits per heavy atom. The number of nitrogens with one attached hydrogen (secondary N) is 1. The SMILES string of the molecule is CC(=O)N(CC(=O)NCC1CCCO1)c1ccc(Cl)cc1C(F)(F)F. The molecule has 1 aromatic carbocycles. The largest absolute Gasteiger partial charge is 0.418 e. The molecule has 1 aromatic rings. The lowest BCUT2D eigenvalue weighted by Gasteiger charge is -2.25. The van der Waals surface area contributed by atoms with E-state index in [1.807, 2.05) is 0 Å². The van der Waals surface area contributed by atoms with Crippen molar-refractivity contribution in [3.63, 3.8) is 0 Å². The molecule has 0 radical (unpaired) electrons. The minimum absolute atomic E-state index is 0.101. The first kappa shape index (κ1) is 19.5. The van der Waals surface area contributed by atoms with E-state index in [9.17, 15) is 22.8 Å². The standard InChI is InChI=1S/C16H18ClF3N2O3/c1-10(23)22(9-15(24)21-8-12-3-2-6-25-12)14-5-4-11(17)7-13(14)16(18,19)20/h4-5,7,12H,2-3,6,8-9H2,1H3,(H,21,24). The second-order valence-electron chi connectivity index (χ2n) is 5.70. The van der Waals surface area contributed by atoms with Crippen LogP contribution in [0.4, 0.5) is 18.9 Å². The number of nitrogens with zero attached hydrogens (tertiary/aromatic N) is 1. The van der Waals surface area contributed by atoms with Gasteiger partial charge in [0.25, 0.3) is 0 Å². The van der Waals surface area contributed by atoms with Crippen LogP contribution in [0.5, 0.6) is 0 Å². The molecule has 1 atom stereocenters. The van der Waals surface area contributed by atoms with Crippen molar-refractivity contribution in [2.75, 3.05) is 24.6 Å². The summed E-state index contributed by atoms with van der Waals surface area (Å²) < 4.78 is 45.0. The molecule has 5 nitrogen and oxygen atoms in total. The van der Waals surface area contributed by atoms with Gasteiger partial charge in [-0.25, -0.2) is 0 Å². The fourth-order valence-corrected chi connectivity index (χ4v) is 2.74. The topological polar surface area (TPSA) is 58.6 Å². The summed E-state index contributed by atoms with van der Waals surface area (Å²) in [7, 11) is 0. The van der Waals surface area contributed by atoms with Crippen molar-refractivity contribution in [3.8, 4) is 0 Å². The lowest BCUT2D eigenvalue weighted by atomic mass is 10.1. The van der Waals surface area contributed by atoms with Crippen LogP contribution in [0.1, 0.15) is 25.3 Å². The first-order valence-corrected chi connectivity index (χ1v) is 8.09. The first-order valence-electron chi connectivity index (χ1n) is 7.71. The van der Waals surface area contributed by atoms with E-state index < -0.39 is 35.8 Å². The molecule has 1 heterocycles. The van der Waals surface area contributed by atoms with Gasteiger partial charge in [-0.3, -0.25) is 9.59 Å². The Hall–Kier alpha value is -1.80. The lowest BCUT2D eigenvalue weighted by Crippen LogP contribution is -2.42. The summed E-state index contributed by atoms with van der Waals surface area (Å²) in [6, 6.07) is 3.06. The van der Waals surface area contributed by atoms with Crippen molar-refractivity contribution in [1.82, 2.24) is 5.32 Å². The second kappa shape index (κ2) is 8.05. The fourth-order valence-electron chi connectivity index (χ4n) is 2.57. The summed E-state index contributed by atoms with van der Waals surface area (Å²) in [5.41, 5.74) is -1.47. The van der Waals surface area contributed by atoms with E-state index in [0.29, 0.717) is 6.61 Å². The summed E-state index contributed by atoms with van der Waals surface area (Å²) in [4.78, 5) is 24.7. The van der Waals surface area contributed by atoms with Crippen LogP contribution in [0.15, 0.2) is 18.2 Å². The fraction of sp³-hybridized carbons (Fsp3) is 0.500. The molecule has 0 aliphatic carbocycles. The molecule has 2 amide bonds. The highest BCUT2D eigenvalue weighted by molar-refractivity contribution is 6.30. The maximum absolute atomic E-state index is 13.2. The van der Waals surface area contributed by atoms with Crippen LogP contribution < -0.4 is 10.2 Å². The number of ether oxygens (including phenoxy) is 1. The molecule has 138 valence electrons. The number of carbonyl (C=O) groups is 2. The minimum Gasteiger partial charge on any atom is -0.376 e. The molecule has 1 saturated heterocycles. The molecule has 25 heavy (non-hydrogen) atoms. The van der Waals surface area contributed by atoms with Crippen LogP contribution in [0, 0.1) is 0 Å². The molecular formula is C16H18ClF3N2O3. The van der Waals surface area contributed by atoms with Crippen molar-refractivity contribution >= 4 is 29.1 Å². The molecule has 0 spiro atoms. The van der Waals surface area contributed by atoms with Crippen molar-refractivity contribution in [1.29, 1.82) is 0 Å². The normalized spacial score (nSPS) is 17.4. The first-order chi connectivity index (χ1) is 11.7. The summed E-state index contributed by atoms with van der Waals surface area (Å²) >= 11 is 5.64. The zero-order valence-corrected chi connectivity index (χ0v) is 14.3. The Bertz CT molecular complexity index is 646. The van der Waals surface area contributed by atoms with E-state index in [-0.39, 0.29) is 17.7 Å². The number of anilines is 1. The van der Waals surface area contributed by atoms with Crippen LogP contribution in [-0.2, 0) is 20.5 Å². The van der Waals surface area contributed by atoms with Gasteiger partial charge in [0.15, 0.2) is 0 Å². The summed E-state index contributed by atoms with van der Waals surface area (Å²) in [5.74, 6) is -1.24. The van der Waals surface area contributed by atoms with Gasteiger partial charge in [-0.1, -0.05) is 11.6 Å². The zero-order valence-electron chi connectivity index (χ0n) is 13.5. The van der Waals surface area contributed by atoms with Gasteiger partial charge in [-0.15, -0.1) is 0 Å². The number of carbonyl (C=O) groups excluding carboxylic acids is 2. The Morgan fingerprint density at radius 3 is 2.68 bits per heavy atom. The molecule has 1 unspecified atom stereocenters. The van der Waals surface area contributed by atoms with E-state index in [1.165, 1.54) is 6.07 Å². The quantitative estimate of drug-likeness (QED) is 0.857. The molecule has 9 heteroatoms. The molecule has 0 saturated carbocycles. The van der Waals surface area contributed by atoms with Crippen molar-refractivity contribution in [2.24, 2.45) is 0 Å². The summed E-state index contributed by atoms with van der Waals surface area (Å²) in [6.07, 6.45) is -3.09. The highest BCUT2D eigenvalue weighted by Gasteiger charge is 2.36. The number of benzene rings is 1. The van der Waals surface area contributed by atoms with Crippen molar-refractivity contribution in [2.45, 2.75) is 32.0 Å². The van der Waals surface area contributed by atoms with Crippen LogP contribution in [0.25, 0.3) is 0 Å². The van der Waals surface area contributed by atoms with Crippen molar-refractivity contribution in [3.05, 3.63) is 28.8 Å². The molecule has 1 aliphatic heterocycles. The van der Waals surface area contributed by atoms with Gasteiger partial charge in [-0.2, -0.15) is 13.2 Å². The molecule has 0 aromatic heterocycles. The average molecular weight is 379 g/mol. The molecule has 1 fully saturated rings. The Balaban J connectivity index is 2.15. The summed E-state index contributed by atoms with van der Waals surface area (Å²) in [5, 5.41) is 2.48. The maximum atomic E-state index is 13.2. The lowest BCUT2D eigenvalue weighted by molar-refractivity contribution is -0.137. The third kappa shape index (κ3) is 5.34. The number of hydrogen-bond donors (Lipinski definition) is 1. The Kier molecular flexibility index (Phi) is 6.29. The summed E-state index contributed by atoms with van der Waals surface area (Å²) in [6.45, 7) is 1.46. The predicted octanol–water partition coefficient (Wildman–Crippen LogP) is 3.01. The zero-order chi connectivity index (χ0) is 18.6. The van der Waals surface area contributed by atoms with Gasteiger partial charge in [0.1, 0.15) is 6.54 Å². The Labute approximate surface area is 148 Å². The molecule has 1 N–H and O–H groups in total. The van der Waals surface area contributed by atoms with E-state index in [4.69, 9.17) is 16.3 Å². The van der Waals surface area contributed by atoms with Crippen LogP contribution in [0.3, 0.4) is 0 Å². The average Bonchev–Trinajstić information content (AvgIpc) is 3.03. The monoisotopic (exact) mass is 378 g/mol. The van der Waals surface area contributed by atoms with Gasteiger partial charge in [-0.05, 0) is 31.0 Å². The van der Waals surface area contributed by atoms with E-state index >= 15 is 0 Å². The molecular weight excluding hydrogens is 361 g/mol. The van der Waals surface area contributed by atoms with Gasteiger partial charge in [0.05, 0.1) is 17.4 Å². The van der Waals surface area contributed by atoms with E-state index in [0.717, 1.165) is 36.8 Å². The van der Waals surface area contributed by atoms with E-state index in [2.05, 4.69) is 5.32 Å². The van der Waals surface area contributed by atoms with Gasteiger partial charge in [0, 0.05) is 25.1 Å². The van der Waals surface area contributed by atoms with E-state index in [1.54, 1.807) is 0 Å². The van der Waals surface area contributed by atoms with Crippen molar-refractivity contribution < 1.29 is 27.5 Å². The second-order valence-corrected chi connectivity index (χ2v) is 6.14. The maximum Gasteiger partial charge on any atom is 0.418 e. The number of amides is 2. The van der Waals surface area contributed by atoms with Crippen LogP contribution in [0.2, 0.25) is 5.02 Å². The Morgan fingerprint density at radius 1 is 1.40 bits per heavy atom. The molecule has 1 aliphatic rings. The number of hydrogen-bond acceptors (Lipinski definition) is 3. The highest BCUT2D eigenvalue weighted by atomic mass is 35.5. The third-order valence-corrected chi connectivity index (χ3v) is 4.02. The van der Waals surface area contributed by atoms with Crippen LogP contribution >= 0.6 is 11.6 Å². The number of alkyl halides is 3. The number of rotatable bonds is 5. The highest BCUT2D eigenvalue weighted by Crippen LogP contribution is 2.38. The smallest absolute Gasteiger partial charge is 0.376 e. The van der Waals surface area contributed by atoms with Crippen LogP contribution in [-0.4, -0.2) is 37.6 Å². The third-order valence-electron chi connectivity index (χ3n) is 3.79. The predicted molar refractivity (Wildman–Crippen MR) is 86.5 cm³/mol. The molecule has 2 rings (SSSR count).